The zero-order valence-corrected chi connectivity index (χ0v) is 10.4. The molecule has 17 heavy (non-hydrogen) atoms. The minimum atomic E-state index is -1.46. The fourth-order valence-electron chi connectivity index (χ4n) is 1.03. The average Bonchev–Trinajstić information content (AvgIpc) is 2.26. The molecular formula is C10H18N2O5. The van der Waals surface area contributed by atoms with E-state index >= 15 is 0 Å². The summed E-state index contributed by atoms with van der Waals surface area (Å²) in [6, 6.07) is -1.46. The average molecular weight is 246 g/mol. The number of rotatable bonds is 5. The monoisotopic (exact) mass is 246 g/mol. The number of hydrogen-bond donors (Lipinski definition) is 2. The Balaban J connectivity index is 4.54. The Morgan fingerprint density at radius 2 is 1.88 bits per heavy atom. The van der Waals surface area contributed by atoms with E-state index in [4.69, 9.17) is 5.73 Å². The number of methoxy groups -OCH3 is 1. The van der Waals surface area contributed by atoms with Gasteiger partial charge in [0, 0.05) is 0 Å². The van der Waals surface area contributed by atoms with Crippen molar-refractivity contribution in [1.29, 1.82) is 0 Å². The Morgan fingerprint density at radius 3 is 2.29 bits per heavy atom. The maximum Gasteiger partial charge on any atom is 0.332 e. The van der Waals surface area contributed by atoms with E-state index in [1.165, 1.54) is 21.0 Å². The second kappa shape index (κ2) is 6.19. The van der Waals surface area contributed by atoms with Crippen LogP contribution in [0.15, 0.2) is 0 Å². The predicted octanol–water partition coefficient (Wildman–Crippen LogP) is -1.06. The standard InChI is InChI=1S/C10H18N2O5/c1-5-17-8(14)6(11)7(13)12-10(2,3)9(15)16-4/h6H,5,11H2,1-4H3,(H,12,13). The Bertz CT molecular complexity index is 314. The van der Waals surface area contributed by atoms with E-state index in [9.17, 15) is 14.4 Å². The molecule has 0 spiro atoms. The summed E-state index contributed by atoms with van der Waals surface area (Å²) < 4.78 is 9.08. The van der Waals surface area contributed by atoms with Gasteiger partial charge in [0.1, 0.15) is 5.54 Å². The van der Waals surface area contributed by atoms with Crippen molar-refractivity contribution in [3.05, 3.63) is 0 Å². The van der Waals surface area contributed by atoms with Gasteiger partial charge in [-0.25, -0.2) is 9.59 Å². The molecule has 0 saturated heterocycles. The summed E-state index contributed by atoms with van der Waals surface area (Å²) in [4.78, 5) is 34.0. The van der Waals surface area contributed by atoms with Gasteiger partial charge in [0.25, 0.3) is 0 Å². The highest BCUT2D eigenvalue weighted by Gasteiger charge is 2.34. The summed E-state index contributed by atoms with van der Waals surface area (Å²) in [5, 5.41) is 2.31. The van der Waals surface area contributed by atoms with Crippen LogP contribution in [0.2, 0.25) is 0 Å². The third-order valence-electron chi connectivity index (χ3n) is 1.95. The van der Waals surface area contributed by atoms with E-state index in [2.05, 4.69) is 14.8 Å². The molecule has 0 aromatic carbocycles. The van der Waals surface area contributed by atoms with Gasteiger partial charge in [-0.3, -0.25) is 4.79 Å². The highest BCUT2D eigenvalue weighted by atomic mass is 16.5. The van der Waals surface area contributed by atoms with Gasteiger partial charge >= 0.3 is 11.9 Å². The zero-order chi connectivity index (χ0) is 13.6. The Hall–Kier alpha value is -1.63. The van der Waals surface area contributed by atoms with Crippen LogP contribution in [0, 0.1) is 0 Å². The smallest absolute Gasteiger partial charge is 0.332 e. The number of carbonyl (C=O) groups excluding carboxylic acids is 3. The first kappa shape index (κ1) is 15.4. The molecule has 98 valence electrons. The van der Waals surface area contributed by atoms with Crippen LogP contribution in [0.4, 0.5) is 0 Å². The van der Waals surface area contributed by atoms with Gasteiger partial charge in [0.15, 0.2) is 6.04 Å². The van der Waals surface area contributed by atoms with E-state index in [1.807, 2.05) is 0 Å². The molecule has 0 saturated carbocycles. The van der Waals surface area contributed by atoms with Gasteiger partial charge in [-0.05, 0) is 20.8 Å². The highest BCUT2D eigenvalue weighted by molar-refractivity contribution is 6.03. The molecule has 0 fully saturated rings. The van der Waals surface area contributed by atoms with Gasteiger partial charge in [0.2, 0.25) is 5.91 Å². The molecule has 0 rings (SSSR count). The van der Waals surface area contributed by atoms with Crippen molar-refractivity contribution in [2.45, 2.75) is 32.4 Å². The molecule has 1 atom stereocenters. The summed E-state index contributed by atoms with van der Waals surface area (Å²) in [6.45, 7) is 4.60. The van der Waals surface area contributed by atoms with Crippen LogP contribution in [-0.2, 0) is 23.9 Å². The Morgan fingerprint density at radius 1 is 1.35 bits per heavy atom. The summed E-state index contributed by atoms with van der Waals surface area (Å²) in [6.07, 6.45) is 0. The second-order valence-corrected chi connectivity index (χ2v) is 3.84. The molecule has 0 aromatic heterocycles. The molecule has 1 unspecified atom stereocenters. The van der Waals surface area contributed by atoms with Crippen molar-refractivity contribution in [2.75, 3.05) is 13.7 Å². The molecule has 0 aliphatic heterocycles. The van der Waals surface area contributed by atoms with Crippen molar-refractivity contribution < 1.29 is 23.9 Å². The first-order chi connectivity index (χ1) is 7.76. The predicted molar refractivity (Wildman–Crippen MR) is 58.8 cm³/mol. The normalized spacial score (nSPS) is 12.5. The van der Waals surface area contributed by atoms with E-state index in [0.717, 1.165) is 0 Å². The molecule has 0 heterocycles. The number of esters is 2. The van der Waals surface area contributed by atoms with E-state index < -0.39 is 29.4 Å². The van der Waals surface area contributed by atoms with Crippen LogP contribution >= 0.6 is 0 Å². The quantitative estimate of drug-likeness (QED) is 0.473. The van der Waals surface area contributed by atoms with Crippen LogP contribution in [0.5, 0.6) is 0 Å². The van der Waals surface area contributed by atoms with Crippen molar-refractivity contribution in [3.63, 3.8) is 0 Å². The molecule has 7 nitrogen and oxygen atoms in total. The van der Waals surface area contributed by atoms with Crippen molar-refractivity contribution in [3.8, 4) is 0 Å². The van der Waals surface area contributed by atoms with Crippen molar-refractivity contribution in [2.24, 2.45) is 5.73 Å². The summed E-state index contributed by atoms with van der Waals surface area (Å²) in [5.41, 5.74) is 4.10. The Kier molecular flexibility index (Phi) is 5.60. The second-order valence-electron chi connectivity index (χ2n) is 3.84. The van der Waals surface area contributed by atoms with E-state index in [-0.39, 0.29) is 6.61 Å². The fraction of sp³-hybridized carbons (Fsp3) is 0.700. The molecule has 0 bridgehead atoms. The highest BCUT2D eigenvalue weighted by Crippen LogP contribution is 2.04. The zero-order valence-electron chi connectivity index (χ0n) is 10.4. The number of ether oxygens (including phenoxy) is 2. The number of hydrogen-bond acceptors (Lipinski definition) is 6. The minimum Gasteiger partial charge on any atom is -0.467 e. The van der Waals surface area contributed by atoms with Gasteiger partial charge in [-0.2, -0.15) is 0 Å². The first-order valence-corrected chi connectivity index (χ1v) is 5.09. The lowest BCUT2D eigenvalue weighted by Gasteiger charge is -2.24. The number of nitrogens with two attached hydrogens (primary N) is 1. The van der Waals surface area contributed by atoms with Crippen LogP contribution < -0.4 is 11.1 Å². The van der Waals surface area contributed by atoms with Gasteiger partial charge < -0.3 is 20.5 Å². The van der Waals surface area contributed by atoms with Crippen LogP contribution in [-0.4, -0.2) is 43.1 Å². The van der Waals surface area contributed by atoms with Crippen LogP contribution in [0.25, 0.3) is 0 Å². The summed E-state index contributed by atoms with van der Waals surface area (Å²) in [5.74, 6) is -2.27. The molecule has 3 N–H and O–H groups in total. The molecular weight excluding hydrogens is 228 g/mol. The molecule has 0 aromatic rings. The number of carbonyl (C=O) groups is 3. The molecule has 1 amide bonds. The lowest BCUT2D eigenvalue weighted by molar-refractivity contribution is -0.153. The fourth-order valence-corrected chi connectivity index (χ4v) is 1.03. The summed E-state index contributed by atoms with van der Waals surface area (Å²) >= 11 is 0. The topological polar surface area (TPSA) is 108 Å². The van der Waals surface area contributed by atoms with Gasteiger partial charge in [-0.15, -0.1) is 0 Å². The maximum absolute atomic E-state index is 11.6. The lowest BCUT2D eigenvalue weighted by atomic mass is 10.1. The van der Waals surface area contributed by atoms with Crippen molar-refractivity contribution in [1.82, 2.24) is 5.32 Å². The summed E-state index contributed by atoms with van der Waals surface area (Å²) in [7, 11) is 1.20. The minimum absolute atomic E-state index is 0.125. The third kappa shape index (κ3) is 4.39. The first-order valence-electron chi connectivity index (χ1n) is 5.09. The molecule has 7 heteroatoms. The Labute approximate surface area is 99.6 Å². The molecule has 0 aliphatic rings. The van der Waals surface area contributed by atoms with Crippen molar-refractivity contribution >= 4 is 17.8 Å². The third-order valence-corrected chi connectivity index (χ3v) is 1.95. The SMILES string of the molecule is CCOC(=O)C(N)C(=O)NC(C)(C)C(=O)OC. The lowest BCUT2D eigenvalue weighted by Crippen LogP contribution is -2.57. The number of nitrogens with one attached hydrogen (secondary N) is 1. The van der Waals surface area contributed by atoms with Crippen LogP contribution in [0.1, 0.15) is 20.8 Å². The van der Waals surface area contributed by atoms with E-state index in [0.29, 0.717) is 0 Å². The molecule has 0 aliphatic carbocycles. The van der Waals surface area contributed by atoms with Gasteiger partial charge in [-0.1, -0.05) is 0 Å². The van der Waals surface area contributed by atoms with Crippen LogP contribution in [0.3, 0.4) is 0 Å². The van der Waals surface area contributed by atoms with Gasteiger partial charge in [0.05, 0.1) is 13.7 Å². The maximum atomic E-state index is 11.6. The number of amides is 1. The molecule has 0 radical (unpaired) electrons. The van der Waals surface area contributed by atoms with E-state index in [1.54, 1.807) is 6.92 Å². The largest absolute Gasteiger partial charge is 0.467 e.